The number of nitrogens with one attached hydrogen (secondary N) is 1. The van der Waals surface area contributed by atoms with Gasteiger partial charge < -0.3 is 10.4 Å². The SMILES string of the molecule is CC(=O)c1cccc(NC(=O)c2ccc(Cl)cc2)c1O. The van der Waals surface area contributed by atoms with Gasteiger partial charge in [-0.05, 0) is 43.3 Å². The highest BCUT2D eigenvalue weighted by Crippen LogP contribution is 2.28. The van der Waals surface area contributed by atoms with Crippen molar-refractivity contribution in [1.29, 1.82) is 0 Å². The molecule has 2 N–H and O–H groups in total. The molecule has 0 aliphatic carbocycles. The third kappa shape index (κ3) is 2.97. The largest absolute Gasteiger partial charge is 0.505 e. The number of rotatable bonds is 3. The normalized spacial score (nSPS) is 10.1. The highest BCUT2D eigenvalue weighted by molar-refractivity contribution is 6.30. The van der Waals surface area contributed by atoms with Crippen LogP contribution in [0.3, 0.4) is 0 Å². The zero-order valence-electron chi connectivity index (χ0n) is 10.7. The van der Waals surface area contributed by atoms with E-state index in [1.54, 1.807) is 30.3 Å². The number of anilines is 1. The van der Waals surface area contributed by atoms with Crippen molar-refractivity contribution in [1.82, 2.24) is 0 Å². The molecular formula is C15H12ClNO3. The Morgan fingerprint density at radius 2 is 1.75 bits per heavy atom. The van der Waals surface area contributed by atoms with E-state index in [2.05, 4.69) is 5.32 Å². The zero-order chi connectivity index (χ0) is 14.7. The molecule has 0 radical (unpaired) electrons. The van der Waals surface area contributed by atoms with Crippen molar-refractivity contribution < 1.29 is 14.7 Å². The number of carbonyl (C=O) groups is 2. The lowest BCUT2D eigenvalue weighted by molar-refractivity contribution is 0.100. The fourth-order valence-corrected chi connectivity index (χ4v) is 1.85. The van der Waals surface area contributed by atoms with Gasteiger partial charge in [-0.1, -0.05) is 17.7 Å². The maximum Gasteiger partial charge on any atom is 0.255 e. The van der Waals surface area contributed by atoms with Crippen LogP contribution in [0.1, 0.15) is 27.6 Å². The molecule has 0 aliphatic rings. The predicted octanol–water partition coefficient (Wildman–Crippen LogP) is 3.50. The van der Waals surface area contributed by atoms with Crippen LogP contribution in [-0.4, -0.2) is 16.8 Å². The summed E-state index contributed by atoms with van der Waals surface area (Å²) in [4.78, 5) is 23.3. The number of hydrogen-bond donors (Lipinski definition) is 2. The molecule has 5 heteroatoms. The molecule has 0 bridgehead atoms. The lowest BCUT2D eigenvalue weighted by Crippen LogP contribution is -2.12. The summed E-state index contributed by atoms with van der Waals surface area (Å²) < 4.78 is 0. The van der Waals surface area contributed by atoms with Crippen molar-refractivity contribution in [2.75, 3.05) is 5.32 Å². The second-order valence-corrected chi connectivity index (χ2v) is 4.66. The molecular weight excluding hydrogens is 278 g/mol. The van der Waals surface area contributed by atoms with E-state index in [0.29, 0.717) is 10.6 Å². The van der Waals surface area contributed by atoms with Gasteiger partial charge in [0.25, 0.3) is 5.91 Å². The monoisotopic (exact) mass is 289 g/mol. The molecule has 0 atom stereocenters. The molecule has 2 rings (SSSR count). The van der Waals surface area contributed by atoms with Gasteiger partial charge in [-0.3, -0.25) is 9.59 Å². The van der Waals surface area contributed by atoms with Crippen LogP contribution in [0.25, 0.3) is 0 Å². The highest BCUT2D eigenvalue weighted by Gasteiger charge is 2.13. The van der Waals surface area contributed by atoms with Crippen LogP contribution in [0, 0.1) is 0 Å². The first-order chi connectivity index (χ1) is 9.49. The second-order valence-electron chi connectivity index (χ2n) is 4.22. The van der Waals surface area contributed by atoms with E-state index in [-0.39, 0.29) is 22.8 Å². The summed E-state index contributed by atoms with van der Waals surface area (Å²) in [5.74, 6) is -0.898. The van der Waals surface area contributed by atoms with Gasteiger partial charge in [-0.25, -0.2) is 0 Å². The molecule has 4 nitrogen and oxygen atoms in total. The van der Waals surface area contributed by atoms with Crippen LogP contribution in [0.4, 0.5) is 5.69 Å². The van der Waals surface area contributed by atoms with E-state index < -0.39 is 5.91 Å². The van der Waals surface area contributed by atoms with E-state index in [9.17, 15) is 14.7 Å². The Kier molecular flexibility index (Phi) is 4.05. The molecule has 0 saturated carbocycles. The van der Waals surface area contributed by atoms with Gasteiger partial charge >= 0.3 is 0 Å². The van der Waals surface area contributed by atoms with Gasteiger partial charge in [0.15, 0.2) is 5.78 Å². The topological polar surface area (TPSA) is 66.4 Å². The van der Waals surface area contributed by atoms with Gasteiger partial charge in [0.2, 0.25) is 0 Å². The van der Waals surface area contributed by atoms with E-state index >= 15 is 0 Å². The first-order valence-corrected chi connectivity index (χ1v) is 6.26. The van der Waals surface area contributed by atoms with E-state index in [1.807, 2.05) is 0 Å². The predicted molar refractivity (Wildman–Crippen MR) is 77.5 cm³/mol. The molecule has 0 aliphatic heterocycles. The number of phenols is 1. The van der Waals surface area contributed by atoms with Crippen LogP contribution in [-0.2, 0) is 0 Å². The summed E-state index contributed by atoms with van der Waals surface area (Å²) in [7, 11) is 0. The lowest BCUT2D eigenvalue weighted by atomic mass is 10.1. The average molecular weight is 290 g/mol. The summed E-state index contributed by atoms with van der Waals surface area (Å²) >= 11 is 5.75. The summed E-state index contributed by atoms with van der Waals surface area (Å²) in [6, 6.07) is 11.0. The minimum absolute atomic E-state index is 0.166. The Morgan fingerprint density at radius 1 is 1.10 bits per heavy atom. The number of carbonyl (C=O) groups excluding carboxylic acids is 2. The smallest absolute Gasteiger partial charge is 0.255 e. The van der Waals surface area contributed by atoms with Gasteiger partial charge in [0, 0.05) is 10.6 Å². The second kappa shape index (κ2) is 5.75. The molecule has 20 heavy (non-hydrogen) atoms. The number of benzene rings is 2. The van der Waals surface area contributed by atoms with E-state index in [0.717, 1.165) is 0 Å². The molecule has 2 aromatic carbocycles. The van der Waals surface area contributed by atoms with Crippen molar-refractivity contribution in [3.8, 4) is 5.75 Å². The summed E-state index contributed by atoms with van der Waals surface area (Å²) in [5.41, 5.74) is 0.763. The Bertz CT molecular complexity index is 665. The van der Waals surface area contributed by atoms with Crippen molar-refractivity contribution in [3.05, 3.63) is 58.6 Å². The highest BCUT2D eigenvalue weighted by atomic mass is 35.5. The maximum atomic E-state index is 12.0. The minimum Gasteiger partial charge on any atom is -0.505 e. The number of halogens is 1. The van der Waals surface area contributed by atoms with Crippen LogP contribution >= 0.6 is 11.6 Å². The molecule has 0 heterocycles. The molecule has 0 saturated heterocycles. The average Bonchev–Trinajstić information content (AvgIpc) is 2.41. The fourth-order valence-electron chi connectivity index (χ4n) is 1.72. The Morgan fingerprint density at radius 3 is 2.35 bits per heavy atom. The molecule has 0 aromatic heterocycles. The maximum absolute atomic E-state index is 12.0. The number of phenolic OH excluding ortho intramolecular Hbond substituents is 1. The lowest BCUT2D eigenvalue weighted by Gasteiger charge is -2.09. The molecule has 1 amide bonds. The Hall–Kier alpha value is -2.33. The Balaban J connectivity index is 2.26. The Labute approximate surface area is 121 Å². The van der Waals surface area contributed by atoms with Crippen LogP contribution in [0.15, 0.2) is 42.5 Å². The van der Waals surface area contributed by atoms with Crippen molar-refractivity contribution >= 4 is 29.0 Å². The van der Waals surface area contributed by atoms with Gasteiger partial charge in [-0.15, -0.1) is 0 Å². The molecule has 2 aromatic rings. The number of hydrogen-bond acceptors (Lipinski definition) is 3. The number of amides is 1. The number of aromatic hydroxyl groups is 1. The van der Waals surface area contributed by atoms with Crippen molar-refractivity contribution in [2.45, 2.75) is 6.92 Å². The summed E-state index contributed by atoms with van der Waals surface area (Å²) in [5, 5.41) is 13.0. The third-order valence-electron chi connectivity index (χ3n) is 2.77. The fraction of sp³-hybridized carbons (Fsp3) is 0.0667. The number of ketones is 1. The quantitative estimate of drug-likeness (QED) is 0.671. The molecule has 0 unspecified atom stereocenters. The van der Waals surface area contributed by atoms with Gasteiger partial charge in [0.1, 0.15) is 5.75 Å². The first-order valence-electron chi connectivity index (χ1n) is 5.89. The van der Waals surface area contributed by atoms with E-state index in [1.165, 1.54) is 19.1 Å². The van der Waals surface area contributed by atoms with Crippen LogP contribution in [0.5, 0.6) is 5.75 Å². The third-order valence-corrected chi connectivity index (χ3v) is 3.02. The van der Waals surface area contributed by atoms with Crippen molar-refractivity contribution in [2.24, 2.45) is 0 Å². The van der Waals surface area contributed by atoms with Crippen LogP contribution < -0.4 is 5.32 Å². The summed E-state index contributed by atoms with van der Waals surface area (Å²) in [6.07, 6.45) is 0. The molecule has 0 spiro atoms. The van der Waals surface area contributed by atoms with Crippen LogP contribution in [0.2, 0.25) is 5.02 Å². The first kappa shape index (κ1) is 14.1. The number of Topliss-reactive ketones (excluding diaryl/α,β-unsaturated/α-hetero) is 1. The van der Waals surface area contributed by atoms with Gasteiger partial charge in [0.05, 0.1) is 11.3 Å². The minimum atomic E-state index is -0.391. The number of para-hydroxylation sites is 1. The standard InChI is InChI=1S/C15H12ClNO3/c1-9(18)12-3-2-4-13(14(12)19)17-15(20)10-5-7-11(16)8-6-10/h2-8,19H,1H3,(H,17,20). The zero-order valence-corrected chi connectivity index (χ0v) is 11.4. The van der Waals surface area contributed by atoms with E-state index in [4.69, 9.17) is 11.6 Å². The summed E-state index contributed by atoms with van der Waals surface area (Å²) in [6.45, 7) is 1.35. The van der Waals surface area contributed by atoms with Crippen molar-refractivity contribution in [3.63, 3.8) is 0 Å². The molecule has 102 valence electrons. The van der Waals surface area contributed by atoms with Gasteiger partial charge in [-0.2, -0.15) is 0 Å². The molecule has 0 fully saturated rings.